The summed E-state index contributed by atoms with van der Waals surface area (Å²) >= 11 is 8.69. The zero-order valence-corrected chi connectivity index (χ0v) is 13.2. The summed E-state index contributed by atoms with van der Waals surface area (Å²) in [6.45, 7) is 6.39. The number of ether oxygens (including phenoxy) is 1. The number of benzene rings is 1. The quantitative estimate of drug-likeness (QED) is 0.618. The van der Waals surface area contributed by atoms with Crippen molar-refractivity contribution in [2.45, 2.75) is 20.3 Å². The number of thiocarbonyl (C=S) groups is 1. The molecule has 0 amide bonds. The molecule has 0 bridgehead atoms. The van der Waals surface area contributed by atoms with E-state index in [4.69, 9.17) is 17.0 Å². The number of anilines is 1. The van der Waals surface area contributed by atoms with E-state index in [0.717, 1.165) is 41.9 Å². The molecule has 0 heterocycles. The molecule has 1 rings (SSSR count). The molecule has 5 heteroatoms. The second-order valence-corrected chi connectivity index (χ2v) is 5.21. The van der Waals surface area contributed by atoms with E-state index in [-0.39, 0.29) is 0 Å². The fourth-order valence-electron chi connectivity index (χ4n) is 1.42. The first-order valence-electron chi connectivity index (χ1n) is 6.02. The Morgan fingerprint density at radius 2 is 2.22 bits per heavy atom. The van der Waals surface area contributed by atoms with E-state index < -0.39 is 0 Å². The van der Waals surface area contributed by atoms with Crippen LogP contribution in [0.15, 0.2) is 22.7 Å². The molecule has 100 valence electrons. The van der Waals surface area contributed by atoms with Crippen molar-refractivity contribution in [3.8, 4) is 0 Å². The van der Waals surface area contributed by atoms with Crippen LogP contribution in [0.3, 0.4) is 0 Å². The minimum atomic E-state index is 0.646. The van der Waals surface area contributed by atoms with Gasteiger partial charge in [0.2, 0.25) is 0 Å². The topological polar surface area (TPSA) is 33.3 Å². The van der Waals surface area contributed by atoms with Crippen molar-refractivity contribution in [2.24, 2.45) is 0 Å². The number of rotatable bonds is 6. The number of hydrogen-bond donors (Lipinski definition) is 2. The molecule has 1 aromatic carbocycles. The average Bonchev–Trinajstić information content (AvgIpc) is 2.33. The smallest absolute Gasteiger partial charge is 0.170 e. The van der Waals surface area contributed by atoms with Crippen LogP contribution in [-0.4, -0.2) is 24.9 Å². The van der Waals surface area contributed by atoms with Crippen LogP contribution in [0.2, 0.25) is 0 Å². The van der Waals surface area contributed by atoms with E-state index in [2.05, 4.69) is 26.6 Å². The molecule has 0 aliphatic carbocycles. The largest absolute Gasteiger partial charge is 0.382 e. The van der Waals surface area contributed by atoms with Crippen molar-refractivity contribution in [2.75, 3.05) is 25.1 Å². The monoisotopic (exact) mass is 330 g/mol. The third kappa shape index (κ3) is 5.80. The molecule has 0 spiro atoms. The Labute approximate surface area is 122 Å². The van der Waals surface area contributed by atoms with Crippen LogP contribution in [-0.2, 0) is 4.74 Å². The van der Waals surface area contributed by atoms with Gasteiger partial charge in [-0.1, -0.05) is 22.0 Å². The minimum absolute atomic E-state index is 0.646. The Balaban J connectivity index is 2.33. The van der Waals surface area contributed by atoms with E-state index in [0.29, 0.717) is 5.11 Å². The predicted octanol–water partition coefficient (Wildman–Crippen LogP) is 3.47. The zero-order chi connectivity index (χ0) is 13.4. The summed E-state index contributed by atoms with van der Waals surface area (Å²) in [5.74, 6) is 0. The number of nitrogens with one attached hydrogen (secondary N) is 2. The first kappa shape index (κ1) is 15.4. The second kappa shape index (κ2) is 8.45. The van der Waals surface area contributed by atoms with E-state index in [1.54, 1.807) is 0 Å². The summed E-state index contributed by atoms with van der Waals surface area (Å²) in [5.41, 5.74) is 2.18. The van der Waals surface area contributed by atoms with Crippen LogP contribution >= 0.6 is 28.1 Å². The summed E-state index contributed by atoms with van der Waals surface area (Å²) in [7, 11) is 0. The summed E-state index contributed by atoms with van der Waals surface area (Å²) in [6, 6.07) is 6.08. The van der Waals surface area contributed by atoms with Crippen LogP contribution in [0.5, 0.6) is 0 Å². The maximum atomic E-state index is 5.26. The first-order chi connectivity index (χ1) is 8.63. The average molecular weight is 331 g/mol. The van der Waals surface area contributed by atoms with Gasteiger partial charge in [-0.3, -0.25) is 0 Å². The third-order valence-electron chi connectivity index (χ3n) is 2.40. The third-order valence-corrected chi connectivity index (χ3v) is 3.14. The van der Waals surface area contributed by atoms with Gasteiger partial charge < -0.3 is 15.4 Å². The number of halogens is 1. The fourth-order valence-corrected chi connectivity index (χ4v) is 1.99. The Hall–Kier alpha value is -0.650. The summed E-state index contributed by atoms with van der Waals surface area (Å²) in [6.07, 6.45) is 0.952. The highest BCUT2D eigenvalue weighted by Crippen LogP contribution is 2.20. The lowest BCUT2D eigenvalue weighted by molar-refractivity contribution is 0.146. The van der Waals surface area contributed by atoms with Crippen molar-refractivity contribution in [3.05, 3.63) is 28.2 Å². The summed E-state index contributed by atoms with van der Waals surface area (Å²) in [4.78, 5) is 0. The van der Waals surface area contributed by atoms with E-state index in [1.165, 1.54) is 0 Å². The molecule has 0 atom stereocenters. The highest BCUT2D eigenvalue weighted by atomic mass is 79.9. The van der Waals surface area contributed by atoms with Crippen molar-refractivity contribution in [1.82, 2.24) is 5.32 Å². The molecule has 0 fully saturated rings. The van der Waals surface area contributed by atoms with Crippen LogP contribution in [0, 0.1) is 6.92 Å². The van der Waals surface area contributed by atoms with Gasteiger partial charge in [0.25, 0.3) is 0 Å². The molecule has 18 heavy (non-hydrogen) atoms. The van der Waals surface area contributed by atoms with E-state index >= 15 is 0 Å². The standard InChI is InChI=1S/C13H19BrN2OS/c1-3-17-8-4-7-15-13(18)16-12-9-11(14)6-5-10(12)2/h5-6,9H,3-4,7-8H2,1-2H3,(H2,15,16,18). The van der Waals surface area contributed by atoms with Gasteiger partial charge in [-0.25, -0.2) is 0 Å². The fraction of sp³-hybridized carbons (Fsp3) is 0.462. The van der Waals surface area contributed by atoms with Crippen molar-refractivity contribution >= 4 is 38.9 Å². The van der Waals surface area contributed by atoms with Gasteiger partial charge in [-0.15, -0.1) is 0 Å². The van der Waals surface area contributed by atoms with Gasteiger partial charge in [0.15, 0.2) is 5.11 Å². The van der Waals surface area contributed by atoms with Crippen molar-refractivity contribution in [1.29, 1.82) is 0 Å². The molecular weight excluding hydrogens is 312 g/mol. The molecule has 3 nitrogen and oxygen atoms in total. The molecule has 0 aromatic heterocycles. The highest BCUT2D eigenvalue weighted by molar-refractivity contribution is 9.10. The Morgan fingerprint density at radius 1 is 1.44 bits per heavy atom. The number of aryl methyl sites for hydroxylation is 1. The first-order valence-corrected chi connectivity index (χ1v) is 7.22. The van der Waals surface area contributed by atoms with Crippen LogP contribution in [0.25, 0.3) is 0 Å². The van der Waals surface area contributed by atoms with Crippen molar-refractivity contribution < 1.29 is 4.74 Å². The molecule has 1 aromatic rings. The van der Waals surface area contributed by atoms with E-state index in [1.807, 2.05) is 32.0 Å². The number of hydrogen-bond acceptors (Lipinski definition) is 2. The summed E-state index contributed by atoms with van der Waals surface area (Å²) in [5, 5.41) is 7.00. The molecular formula is C13H19BrN2OS. The van der Waals surface area contributed by atoms with Gasteiger partial charge in [0.05, 0.1) is 0 Å². The zero-order valence-electron chi connectivity index (χ0n) is 10.8. The van der Waals surface area contributed by atoms with Gasteiger partial charge in [-0.2, -0.15) is 0 Å². The Bertz CT molecular complexity index is 399. The van der Waals surface area contributed by atoms with Crippen LogP contribution in [0.4, 0.5) is 5.69 Å². The molecule has 0 radical (unpaired) electrons. The molecule has 0 saturated heterocycles. The SMILES string of the molecule is CCOCCCNC(=S)Nc1cc(Br)ccc1C. The normalized spacial score (nSPS) is 10.2. The molecule has 0 unspecified atom stereocenters. The minimum Gasteiger partial charge on any atom is -0.382 e. The predicted molar refractivity (Wildman–Crippen MR) is 84.2 cm³/mol. The lowest BCUT2D eigenvalue weighted by Crippen LogP contribution is -2.30. The van der Waals surface area contributed by atoms with Gasteiger partial charge >= 0.3 is 0 Å². The molecule has 2 N–H and O–H groups in total. The van der Waals surface area contributed by atoms with E-state index in [9.17, 15) is 0 Å². The summed E-state index contributed by atoms with van der Waals surface area (Å²) < 4.78 is 6.30. The molecule has 0 saturated carbocycles. The Kier molecular flexibility index (Phi) is 7.23. The van der Waals surface area contributed by atoms with Gasteiger partial charge in [-0.05, 0) is 50.2 Å². The maximum absolute atomic E-state index is 5.26. The lowest BCUT2D eigenvalue weighted by Gasteiger charge is -2.12. The van der Waals surface area contributed by atoms with Gasteiger partial charge in [0, 0.05) is 29.9 Å². The van der Waals surface area contributed by atoms with Crippen molar-refractivity contribution in [3.63, 3.8) is 0 Å². The molecule has 0 aliphatic rings. The lowest BCUT2D eigenvalue weighted by atomic mass is 10.2. The second-order valence-electron chi connectivity index (χ2n) is 3.89. The van der Waals surface area contributed by atoms with Crippen LogP contribution < -0.4 is 10.6 Å². The Morgan fingerprint density at radius 3 is 2.94 bits per heavy atom. The van der Waals surface area contributed by atoms with Gasteiger partial charge in [0.1, 0.15) is 0 Å². The maximum Gasteiger partial charge on any atom is 0.170 e. The van der Waals surface area contributed by atoms with Crippen LogP contribution in [0.1, 0.15) is 18.9 Å². The highest BCUT2D eigenvalue weighted by Gasteiger charge is 2.01. The molecule has 0 aliphatic heterocycles.